The minimum absolute atomic E-state index is 0.808. The van der Waals surface area contributed by atoms with Gasteiger partial charge in [0.05, 0.1) is 11.1 Å². The molecule has 2 aromatic rings. The summed E-state index contributed by atoms with van der Waals surface area (Å²) in [4.78, 5) is 4.82. The molecule has 2 heteroatoms. The fourth-order valence-electron chi connectivity index (χ4n) is 3.22. The molecular formula is C17H21NO. The first-order valence-corrected chi connectivity index (χ1v) is 7.03. The van der Waals surface area contributed by atoms with Crippen LogP contribution in [-0.2, 0) is 18.4 Å². The predicted octanol–water partition coefficient (Wildman–Crippen LogP) is 3.57. The lowest BCUT2D eigenvalue weighted by Crippen LogP contribution is -2.19. The van der Waals surface area contributed by atoms with E-state index in [1.54, 1.807) is 0 Å². The number of pyridine rings is 1. The zero-order valence-electron chi connectivity index (χ0n) is 12.2. The average molecular weight is 255 g/mol. The second kappa shape index (κ2) is 4.04. The van der Waals surface area contributed by atoms with Crippen LogP contribution in [0.1, 0.15) is 48.2 Å². The van der Waals surface area contributed by atoms with Gasteiger partial charge in [-0.1, -0.05) is 0 Å². The Balaban J connectivity index is 2.45. The van der Waals surface area contributed by atoms with E-state index in [0.717, 1.165) is 35.7 Å². The van der Waals surface area contributed by atoms with E-state index in [9.17, 15) is 5.11 Å². The molecule has 100 valence electrons. The van der Waals surface area contributed by atoms with Crippen LogP contribution >= 0.6 is 0 Å². The van der Waals surface area contributed by atoms with Gasteiger partial charge in [-0.3, -0.25) is 4.98 Å². The van der Waals surface area contributed by atoms with Crippen LogP contribution in [-0.4, -0.2) is 10.1 Å². The van der Waals surface area contributed by atoms with Crippen molar-refractivity contribution in [2.75, 3.05) is 0 Å². The van der Waals surface area contributed by atoms with Crippen molar-refractivity contribution in [2.45, 2.75) is 52.6 Å². The van der Waals surface area contributed by atoms with Crippen LogP contribution in [0.3, 0.4) is 0 Å². The lowest BCUT2D eigenvalue weighted by Gasteiger charge is -2.24. The molecule has 0 saturated carbocycles. The summed E-state index contributed by atoms with van der Waals surface area (Å²) in [5.74, 6) is 0. The number of benzene rings is 1. The van der Waals surface area contributed by atoms with Crippen molar-refractivity contribution in [3.63, 3.8) is 0 Å². The van der Waals surface area contributed by atoms with Crippen LogP contribution < -0.4 is 0 Å². The fraction of sp³-hybridized carbons (Fsp3) is 0.471. The molecule has 0 spiro atoms. The normalized spacial score (nSPS) is 15.0. The first-order chi connectivity index (χ1) is 8.88. The number of hydrogen-bond acceptors (Lipinski definition) is 2. The maximum atomic E-state index is 10.6. The van der Waals surface area contributed by atoms with Gasteiger partial charge in [-0.25, -0.2) is 0 Å². The van der Waals surface area contributed by atoms with Gasteiger partial charge in [-0.05, 0) is 81.3 Å². The van der Waals surface area contributed by atoms with Gasteiger partial charge in [-0.2, -0.15) is 0 Å². The maximum absolute atomic E-state index is 10.6. The van der Waals surface area contributed by atoms with Crippen LogP contribution in [0.4, 0.5) is 0 Å². The van der Waals surface area contributed by atoms with Crippen molar-refractivity contribution in [2.24, 2.45) is 0 Å². The fourth-order valence-corrected chi connectivity index (χ4v) is 3.22. The molecule has 1 aromatic carbocycles. The Hall–Kier alpha value is -1.41. The average Bonchev–Trinajstić information content (AvgIpc) is 2.73. The third kappa shape index (κ3) is 1.95. The molecule has 1 aliphatic rings. The Bertz CT molecular complexity index is 665. The molecule has 0 amide bonds. The van der Waals surface area contributed by atoms with Crippen molar-refractivity contribution < 1.29 is 5.11 Å². The molecule has 3 rings (SSSR count). The van der Waals surface area contributed by atoms with E-state index in [-0.39, 0.29) is 0 Å². The van der Waals surface area contributed by atoms with Gasteiger partial charge < -0.3 is 5.11 Å². The number of rotatable bonds is 1. The van der Waals surface area contributed by atoms with E-state index >= 15 is 0 Å². The van der Waals surface area contributed by atoms with Gasteiger partial charge in [0.1, 0.15) is 0 Å². The molecule has 1 heterocycles. The van der Waals surface area contributed by atoms with Crippen LogP contribution in [0.15, 0.2) is 12.1 Å². The number of fused-ring (bicyclic) bond motifs is 2. The van der Waals surface area contributed by atoms with Crippen LogP contribution in [0.2, 0.25) is 0 Å². The zero-order valence-corrected chi connectivity index (χ0v) is 12.2. The van der Waals surface area contributed by atoms with Crippen molar-refractivity contribution >= 4 is 10.9 Å². The molecule has 0 bridgehead atoms. The Kier molecular flexibility index (Phi) is 2.68. The lowest BCUT2D eigenvalue weighted by atomic mass is 9.88. The molecule has 1 aromatic heterocycles. The molecule has 19 heavy (non-hydrogen) atoms. The second-order valence-corrected chi connectivity index (χ2v) is 6.28. The molecule has 1 N–H and O–H groups in total. The monoisotopic (exact) mass is 255 g/mol. The Morgan fingerprint density at radius 1 is 1.11 bits per heavy atom. The quantitative estimate of drug-likeness (QED) is 0.845. The number of nitrogens with zero attached hydrogens (tertiary/aromatic N) is 1. The summed E-state index contributed by atoms with van der Waals surface area (Å²) in [7, 11) is 0. The molecule has 0 radical (unpaired) electrons. The topological polar surface area (TPSA) is 33.1 Å². The molecule has 0 saturated heterocycles. The van der Waals surface area contributed by atoms with Crippen molar-refractivity contribution in [1.82, 2.24) is 4.98 Å². The first kappa shape index (κ1) is 12.6. The summed E-state index contributed by atoms with van der Waals surface area (Å²) in [5, 5.41) is 11.7. The smallest absolute Gasteiger partial charge is 0.0850 e. The predicted molar refractivity (Wildman–Crippen MR) is 78.5 cm³/mol. The third-order valence-electron chi connectivity index (χ3n) is 4.24. The summed E-state index contributed by atoms with van der Waals surface area (Å²) < 4.78 is 0. The first-order valence-electron chi connectivity index (χ1n) is 7.03. The summed E-state index contributed by atoms with van der Waals surface area (Å²) in [6, 6.07) is 4.34. The minimum atomic E-state index is -0.808. The maximum Gasteiger partial charge on any atom is 0.0850 e. The molecule has 0 aliphatic heterocycles. The molecule has 1 aliphatic carbocycles. The Morgan fingerprint density at radius 3 is 2.47 bits per heavy atom. The highest BCUT2D eigenvalue weighted by Gasteiger charge is 2.28. The van der Waals surface area contributed by atoms with Gasteiger partial charge in [0.2, 0.25) is 0 Å². The van der Waals surface area contributed by atoms with E-state index in [0.29, 0.717) is 0 Å². The van der Waals surface area contributed by atoms with Crippen LogP contribution in [0.5, 0.6) is 0 Å². The molecular weight excluding hydrogens is 234 g/mol. The zero-order chi connectivity index (χ0) is 13.8. The highest BCUT2D eigenvalue weighted by atomic mass is 16.3. The van der Waals surface area contributed by atoms with Crippen LogP contribution in [0.25, 0.3) is 10.9 Å². The molecule has 0 atom stereocenters. The van der Waals surface area contributed by atoms with E-state index < -0.39 is 5.60 Å². The number of aliphatic hydroxyl groups is 1. The van der Waals surface area contributed by atoms with Crippen LogP contribution in [0, 0.1) is 13.8 Å². The minimum Gasteiger partial charge on any atom is -0.386 e. The summed E-state index contributed by atoms with van der Waals surface area (Å²) in [5.41, 5.74) is 6.31. The largest absolute Gasteiger partial charge is 0.386 e. The van der Waals surface area contributed by atoms with Gasteiger partial charge in [0.15, 0.2) is 0 Å². The number of aryl methyl sites for hydroxylation is 3. The summed E-state index contributed by atoms with van der Waals surface area (Å²) in [6.07, 6.45) is 3.24. The lowest BCUT2D eigenvalue weighted by molar-refractivity contribution is 0.0792. The van der Waals surface area contributed by atoms with Gasteiger partial charge in [0, 0.05) is 11.1 Å². The van der Waals surface area contributed by atoms with Crippen molar-refractivity contribution in [3.05, 3.63) is 40.1 Å². The standard InChI is InChI=1S/C17H21NO/c1-10-8-13-15(9-11(10)2)18-14-7-5-6-12(14)16(13)17(3,4)19/h8-9,19H,5-7H2,1-4H3. The highest BCUT2D eigenvalue weighted by Crippen LogP contribution is 2.37. The number of aromatic nitrogens is 1. The summed E-state index contributed by atoms with van der Waals surface area (Å²) >= 11 is 0. The molecule has 0 unspecified atom stereocenters. The number of hydrogen-bond donors (Lipinski definition) is 1. The Labute approximate surface area is 114 Å². The third-order valence-corrected chi connectivity index (χ3v) is 4.24. The Morgan fingerprint density at radius 2 is 1.79 bits per heavy atom. The van der Waals surface area contributed by atoms with E-state index in [4.69, 9.17) is 4.98 Å². The van der Waals surface area contributed by atoms with Gasteiger partial charge in [-0.15, -0.1) is 0 Å². The van der Waals surface area contributed by atoms with E-state index in [1.165, 1.54) is 22.4 Å². The van der Waals surface area contributed by atoms with Gasteiger partial charge >= 0.3 is 0 Å². The highest BCUT2D eigenvalue weighted by molar-refractivity contribution is 5.86. The van der Waals surface area contributed by atoms with Crippen molar-refractivity contribution in [3.8, 4) is 0 Å². The molecule has 2 nitrogen and oxygen atoms in total. The van der Waals surface area contributed by atoms with Gasteiger partial charge in [0.25, 0.3) is 0 Å². The SMILES string of the molecule is Cc1cc2nc3c(c(C(C)(C)O)c2cc1C)CCC3. The summed E-state index contributed by atoms with van der Waals surface area (Å²) in [6.45, 7) is 8.01. The molecule has 0 fully saturated rings. The second-order valence-electron chi connectivity index (χ2n) is 6.28. The van der Waals surface area contributed by atoms with Crippen molar-refractivity contribution in [1.29, 1.82) is 0 Å². The van der Waals surface area contributed by atoms with E-state index in [2.05, 4.69) is 26.0 Å². The van der Waals surface area contributed by atoms with E-state index in [1.807, 2.05) is 13.8 Å².